The minimum atomic E-state index is 0.642. The Morgan fingerprint density at radius 2 is 2.00 bits per heavy atom. The van der Waals surface area contributed by atoms with Crippen LogP contribution in [0, 0.1) is 13.8 Å². The number of hydrogen-bond donors (Lipinski definition) is 1. The van der Waals surface area contributed by atoms with Crippen molar-refractivity contribution in [2.75, 3.05) is 12.8 Å². The van der Waals surface area contributed by atoms with Gasteiger partial charge in [0.05, 0.1) is 12.8 Å². The second-order valence-corrected chi connectivity index (χ2v) is 4.16. The molecule has 1 aromatic carbocycles. The van der Waals surface area contributed by atoms with Gasteiger partial charge in [0.15, 0.2) is 0 Å². The minimum Gasteiger partial charge on any atom is -0.496 e. The van der Waals surface area contributed by atoms with Crippen LogP contribution in [-0.4, -0.2) is 16.9 Å². The predicted octanol–water partition coefficient (Wildman–Crippen LogP) is 2.29. The summed E-state index contributed by atoms with van der Waals surface area (Å²) in [6.45, 7) is 4.14. The van der Waals surface area contributed by atoms with Crippen LogP contribution in [0.1, 0.15) is 11.1 Å². The van der Waals surface area contributed by atoms with Crippen molar-refractivity contribution < 1.29 is 4.74 Å². The van der Waals surface area contributed by atoms with E-state index in [1.807, 2.05) is 25.2 Å². The number of methoxy groups -OCH3 is 1. The van der Waals surface area contributed by atoms with E-state index in [0.29, 0.717) is 5.82 Å². The van der Waals surface area contributed by atoms with Gasteiger partial charge < -0.3 is 10.5 Å². The second kappa shape index (κ2) is 4.13. The first-order valence-electron chi connectivity index (χ1n) is 5.48. The van der Waals surface area contributed by atoms with Crippen molar-refractivity contribution >= 4 is 5.82 Å². The Bertz CT molecular complexity index is 539. The molecule has 0 spiro atoms. The molecule has 0 radical (unpaired) electrons. The highest BCUT2D eigenvalue weighted by atomic mass is 16.5. The molecule has 0 saturated heterocycles. The Morgan fingerprint density at radius 1 is 1.29 bits per heavy atom. The van der Waals surface area contributed by atoms with E-state index < -0.39 is 0 Å². The molecule has 1 heterocycles. The largest absolute Gasteiger partial charge is 0.496 e. The molecular weight excluding hydrogens is 214 g/mol. The quantitative estimate of drug-likeness (QED) is 0.862. The van der Waals surface area contributed by atoms with Crippen molar-refractivity contribution in [1.29, 1.82) is 0 Å². The molecule has 4 heteroatoms. The Labute approximate surface area is 101 Å². The Balaban J connectivity index is 2.68. The molecule has 0 atom stereocenters. The summed E-state index contributed by atoms with van der Waals surface area (Å²) in [6, 6.07) is 5.87. The smallest absolute Gasteiger partial charge is 0.128 e. The summed E-state index contributed by atoms with van der Waals surface area (Å²) in [5, 5.41) is 4.40. The normalized spacial score (nSPS) is 10.6. The van der Waals surface area contributed by atoms with Gasteiger partial charge in [0.1, 0.15) is 11.6 Å². The highest BCUT2D eigenvalue weighted by molar-refractivity contribution is 5.73. The summed E-state index contributed by atoms with van der Waals surface area (Å²) < 4.78 is 7.06. The summed E-state index contributed by atoms with van der Waals surface area (Å²) in [5.41, 5.74) is 10.1. The molecule has 0 aliphatic rings. The third-order valence-electron chi connectivity index (χ3n) is 3.09. The van der Waals surface area contributed by atoms with E-state index in [0.717, 1.165) is 17.0 Å². The van der Waals surface area contributed by atoms with Gasteiger partial charge in [-0.25, -0.2) is 0 Å². The Hall–Kier alpha value is -1.97. The van der Waals surface area contributed by atoms with Crippen LogP contribution in [0.5, 0.6) is 5.75 Å². The molecule has 0 unspecified atom stereocenters. The van der Waals surface area contributed by atoms with Crippen LogP contribution in [0.25, 0.3) is 11.3 Å². The molecule has 2 N–H and O–H groups in total. The van der Waals surface area contributed by atoms with Crippen molar-refractivity contribution in [2.24, 2.45) is 7.05 Å². The third-order valence-corrected chi connectivity index (χ3v) is 3.09. The SMILES string of the molecule is COc1ccc(C)c(C)c1-c1cc(N)n(C)n1. The number of benzene rings is 1. The van der Waals surface area contributed by atoms with Crippen LogP contribution in [0.2, 0.25) is 0 Å². The zero-order valence-electron chi connectivity index (χ0n) is 10.6. The van der Waals surface area contributed by atoms with E-state index in [9.17, 15) is 0 Å². The van der Waals surface area contributed by atoms with Gasteiger partial charge in [0.2, 0.25) is 0 Å². The minimum absolute atomic E-state index is 0.642. The molecule has 0 amide bonds. The standard InChI is InChI=1S/C13H17N3O/c1-8-5-6-11(17-4)13(9(8)2)10-7-12(14)16(3)15-10/h5-7H,14H2,1-4H3. The number of ether oxygens (including phenoxy) is 1. The topological polar surface area (TPSA) is 53.1 Å². The van der Waals surface area contributed by atoms with Crippen molar-refractivity contribution in [3.63, 3.8) is 0 Å². The van der Waals surface area contributed by atoms with Crippen molar-refractivity contribution in [3.8, 4) is 17.0 Å². The Kier molecular flexibility index (Phi) is 2.79. The molecule has 0 fully saturated rings. The first-order chi connectivity index (χ1) is 8.04. The van der Waals surface area contributed by atoms with Gasteiger partial charge in [-0.3, -0.25) is 4.68 Å². The van der Waals surface area contributed by atoms with E-state index in [1.165, 1.54) is 11.1 Å². The maximum absolute atomic E-state index is 5.82. The van der Waals surface area contributed by atoms with Crippen molar-refractivity contribution in [3.05, 3.63) is 29.3 Å². The number of rotatable bonds is 2. The lowest BCUT2D eigenvalue weighted by molar-refractivity contribution is 0.416. The summed E-state index contributed by atoms with van der Waals surface area (Å²) in [6.07, 6.45) is 0. The molecule has 0 bridgehead atoms. The average Bonchev–Trinajstić information content (AvgIpc) is 2.62. The number of aromatic nitrogens is 2. The number of aryl methyl sites for hydroxylation is 2. The van der Waals surface area contributed by atoms with Gasteiger partial charge in [-0.15, -0.1) is 0 Å². The zero-order chi connectivity index (χ0) is 12.6. The van der Waals surface area contributed by atoms with Gasteiger partial charge in [-0.05, 0) is 31.0 Å². The number of anilines is 1. The number of hydrogen-bond acceptors (Lipinski definition) is 3. The molecular formula is C13H17N3O. The molecule has 0 aliphatic carbocycles. The Morgan fingerprint density at radius 3 is 2.53 bits per heavy atom. The fraction of sp³-hybridized carbons (Fsp3) is 0.308. The van der Waals surface area contributed by atoms with E-state index >= 15 is 0 Å². The van der Waals surface area contributed by atoms with Gasteiger partial charge in [-0.1, -0.05) is 6.07 Å². The highest BCUT2D eigenvalue weighted by Gasteiger charge is 2.14. The van der Waals surface area contributed by atoms with Crippen molar-refractivity contribution in [2.45, 2.75) is 13.8 Å². The average molecular weight is 231 g/mol. The first-order valence-corrected chi connectivity index (χ1v) is 5.48. The third kappa shape index (κ3) is 1.86. The van der Waals surface area contributed by atoms with E-state index in [2.05, 4.69) is 18.9 Å². The maximum Gasteiger partial charge on any atom is 0.128 e. The molecule has 4 nitrogen and oxygen atoms in total. The van der Waals surface area contributed by atoms with E-state index in [-0.39, 0.29) is 0 Å². The molecule has 2 rings (SSSR count). The van der Waals surface area contributed by atoms with Crippen molar-refractivity contribution in [1.82, 2.24) is 9.78 Å². The molecule has 17 heavy (non-hydrogen) atoms. The molecule has 1 aromatic heterocycles. The molecule has 90 valence electrons. The summed E-state index contributed by atoms with van der Waals surface area (Å²) in [5.74, 6) is 1.47. The molecule has 2 aromatic rings. The number of nitrogen functional groups attached to an aromatic ring is 1. The molecule has 0 saturated carbocycles. The van der Waals surface area contributed by atoms with Gasteiger partial charge in [-0.2, -0.15) is 5.10 Å². The highest BCUT2D eigenvalue weighted by Crippen LogP contribution is 2.34. The second-order valence-electron chi connectivity index (χ2n) is 4.16. The fourth-order valence-electron chi connectivity index (χ4n) is 1.88. The lowest BCUT2D eigenvalue weighted by Crippen LogP contribution is -1.97. The monoisotopic (exact) mass is 231 g/mol. The predicted molar refractivity (Wildman–Crippen MR) is 69.1 cm³/mol. The van der Waals surface area contributed by atoms with Crippen LogP contribution in [0.4, 0.5) is 5.82 Å². The fourth-order valence-corrected chi connectivity index (χ4v) is 1.88. The number of nitrogens with zero attached hydrogens (tertiary/aromatic N) is 2. The summed E-state index contributed by atoms with van der Waals surface area (Å²) in [4.78, 5) is 0. The zero-order valence-corrected chi connectivity index (χ0v) is 10.6. The lowest BCUT2D eigenvalue weighted by atomic mass is 10.00. The van der Waals surface area contributed by atoms with Crippen LogP contribution in [0.3, 0.4) is 0 Å². The summed E-state index contributed by atoms with van der Waals surface area (Å²) in [7, 11) is 3.50. The van der Waals surface area contributed by atoms with Gasteiger partial charge >= 0.3 is 0 Å². The van der Waals surface area contributed by atoms with Crippen LogP contribution >= 0.6 is 0 Å². The van der Waals surface area contributed by atoms with Gasteiger partial charge in [0.25, 0.3) is 0 Å². The molecule has 0 aliphatic heterocycles. The first kappa shape index (κ1) is 11.5. The van der Waals surface area contributed by atoms with Crippen LogP contribution < -0.4 is 10.5 Å². The maximum atomic E-state index is 5.82. The number of nitrogens with two attached hydrogens (primary N) is 1. The van der Waals surface area contributed by atoms with Crippen LogP contribution in [-0.2, 0) is 7.05 Å². The van der Waals surface area contributed by atoms with Gasteiger partial charge in [0, 0.05) is 18.7 Å². The van der Waals surface area contributed by atoms with E-state index in [1.54, 1.807) is 11.8 Å². The summed E-state index contributed by atoms with van der Waals surface area (Å²) >= 11 is 0. The van der Waals surface area contributed by atoms with Crippen LogP contribution in [0.15, 0.2) is 18.2 Å². The lowest BCUT2D eigenvalue weighted by Gasteiger charge is -2.11. The van der Waals surface area contributed by atoms with E-state index in [4.69, 9.17) is 10.5 Å².